The first-order valence-corrected chi connectivity index (χ1v) is 30.6. The van der Waals surface area contributed by atoms with E-state index in [2.05, 4.69) is 69.4 Å². The predicted molar refractivity (Wildman–Crippen MR) is 303 cm³/mol. The molecule has 1 rings (SSSR count). The zero-order valence-corrected chi connectivity index (χ0v) is 47.8. The second-order valence-corrected chi connectivity index (χ2v) is 21.0. The maximum absolute atomic E-state index is 13.1. The normalized spacial score (nSPS) is 18.4. The van der Waals surface area contributed by atoms with E-state index in [1.54, 1.807) is 0 Å². The first kappa shape index (κ1) is 69.7. The van der Waals surface area contributed by atoms with Crippen LogP contribution in [-0.2, 0) is 42.9 Å². The number of carbonyl (C=O) groups is 4. The summed E-state index contributed by atoms with van der Waals surface area (Å²) in [6, 6.07) is 0. The van der Waals surface area contributed by atoms with E-state index in [-0.39, 0.29) is 25.9 Å². The van der Waals surface area contributed by atoms with Crippen molar-refractivity contribution in [2.24, 2.45) is 0 Å². The Hall–Kier alpha value is -3.32. The lowest BCUT2D eigenvalue weighted by molar-refractivity contribution is -0.301. The van der Waals surface area contributed by atoms with Crippen molar-refractivity contribution in [1.29, 1.82) is 0 Å². The lowest BCUT2D eigenvalue weighted by atomic mass is 9.98. The van der Waals surface area contributed by atoms with Crippen molar-refractivity contribution in [3.05, 3.63) is 48.6 Å². The number of aliphatic hydroxyl groups excluding tert-OH is 2. The monoisotopic (exact) mass is 1060 g/mol. The highest BCUT2D eigenvalue weighted by Crippen LogP contribution is 2.26. The Labute approximate surface area is 456 Å². The summed E-state index contributed by atoms with van der Waals surface area (Å²) in [6.07, 6.45) is 49.3. The standard InChI is InChI=1S/C63H110O12/c1-4-7-10-13-16-19-22-25-26-27-28-29-30-33-36-39-42-45-48-51-57(66)74-61-59(68)58(67)60(62(69)70)75-63(61)72-53-54(73-56(65)50-47-44-41-38-35-32-24-21-18-15-12-9-6-3)52-71-55(64)49-46-43-40-37-34-31-23-20-17-14-11-8-5-2/h16,19-20,23,25-26,28-29,54,58-61,63,67-68H,4-15,17-18,21-22,24,27,30-53H2,1-3H3,(H,69,70)/b19-16-,23-20-,26-25-,29-28-. The molecule has 1 aliphatic heterocycles. The molecule has 12 heteroatoms. The molecule has 0 radical (unpaired) electrons. The average Bonchev–Trinajstić information content (AvgIpc) is 3.39. The first-order valence-electron chi connectivity index (χ1n) is 30.6. The molecule has 3 N–H and O–H groups in total. The third-order valence-corrected chi connectivity index (χ3v) is 13.9. The number of ether oxygens (including phenoxy) is 5. The SMILES string of the molecule is CCCCC/C=C\C/C=C\C/C=C\CCCCCCCCC(=O)OC1C(OCC(COC(=O)CCCCCCC/C=C\CCCCCC)OC(=O)CCCCCCCCCCCCCCC)OC(C(=O)O)C(O)C1O. The molecule has 0 aliphatic carbocycles. The molecule has 1 aliphatic rings. The largest absolute Gasteiger partial charge is 0.479 e. The number of carboxylic acid groups (broad SMARTS) is 1. The number of hydrogen-bond donors (Lipinski definition) is 3. The van der Waals surface area contributed by atoms with Crippen LogP contribution in [0.5, 0.6) is 0 Å². The van der Waals surface area contributed by atoms with Gasteiger partial charge >= 0.3 is 23.9 Å². The van der Waals surface area contributed by atoms with Crippen LogP contribution in [0.4, 0.5) is 0 Å². The number of unbranched alkanes of at least 4 members (excludes halogenated alkanes) is 30. The quantitative estimate of drug-likeness (QED) is 0.0228. The number of carboxylic acids is 1. The summed E-state index contributed by atoms with van der Waals surface area (Å²) in [7, 11) is 0. The molecule has 0 aromatic carbocycles. The molecule has 0 spiro atoms. The summed E-state index contributed by atoms with van der Waals surface area (Å²) in [5, 5.41) is 31.5. The summed E-state index contributed by atoms with van der Waals surface area (Å²) >= 11 is 0. The van der Waals surface area contributed by atoms with Gasteiger partial charge in [-0.1, -0.05) is 223 Å². The summed E-state index contributed by atoms with van der Waals surface area (Å²) in [4.78, 5) is 51.1. The highest BCUT2D eigenvalue weighted by atomic mass is 16.7. The maximum Gasteiger partial charge on any atom is 0.335 e. The van der Waals surface area contributed by atoms with Gasteiger partial charge in [0.25, 0.3) is 0 Å². The van der Waals surface area contributed by atoms with Gasteiger partial charge in [0.1, 0.15) is 18.8 Å². The maximum atomic E-state index is 13.1. The zero-order chi connectivity index (χ0) is 54.7. The highest BCUT2D eigenvalue weighted by molar-refractivity contribution is 5.74. The number of aliphatic carboxylic acids is 1. The molecule has 1 fully saturated rings. The van der Waals surface area contributed by atoms with Crippen molar-refractivity contribution in [3.8, 4) is 0 Å². The van der Waals surface area contributed by atoms with E-state index >= 15 is 0 Å². The predicted octanol–water partition coefficient (Wildman–Crippen LogP) is 15.8. The molecular weight excluding hydrogens is 949 g/mol. The van der Waals surface area contributed by atoms with E-state index in [4.69, 9.17) is 23.7 Å². The van der Waals surface area contributed by atoms with E-state index in [9.17, 15) is 34.5 Å². The van der Waals surface area contributed by atoms with Crippen LogP contribution < -0.4 is 0 Å². The molecular formula is C63H110O12. The van der Waals surface area contributed by atoms with Crippen LogP contribution in [0.2, 0.25) is 0 Å². The van der Waals surface area contributed by atoms with Gasteiger partial charge in [-0.3, -0.25) is 14.4 Å². The molecule has 1 saturated heterocycles. The second kappa shape index (κ2) is 51.4. The van der Waals surface area contributed by atoms with Crippen LogP contribution >= 0.6 is 0 Å². The molecule has 1 heterocycles. The van der Waals surface area contributed by atoms with Crippen molar-refractivity contribution in [2.75, 3.05) is 13.2 Å². The lowest BCUT2D eigenvalue weighted by Gasteiger charge is -2.40. The molecule has 0 amide bonds. The Morgan fingerprint density at radius 3 is 1.27 bits per heavy atom. The van der Waals surface area contributed by atoms with Crippen molar-refractivity contribution < 1.29 is 58.2 Å². The second-order valence-electron chi connectivity index (χ2n) is 21.0. The number of esters is 3. The van der Waals surface area contributed by atoms with Gasteiger partial charge in [0.15, 0.2) is 24.6 Å². The summed E-state index contributed by atoms with van der Waals surface area (Å²) < 4.78 is 28.4. The van der Waals surface area contributed by atoms with Gasteiger partial charge < -0.3 is 39.0 Å². The molecule has 0 saturated carbocycles. The molecule has 0 aromatic heterocycles. The molecule has 434 valence electrons. The van der Waals surface area contributed by atoms with E-state index in [0.717, 1.165) is 109 Å². The molecule has 0 bridgehead atoms. The number of carbonyl (C=O) groups excluding carboxylic acids is 3. The average molecular weight is 1060 g/mol. The third-order valence-electron chi connectivity index (χ3n) is 13.9. The van der Waals surface area contributed by atoms with Crippen LogP contribution in [0, 0.1) is 0 Å². The Kier molecular flexibility index (Phi) is 47.8. The molecule has 6 atom stereocenters. The van der Waals surface area contributed by atoms with Crippen molar-refractivity contribution in [2.45, 2.75) is 314 Å². The molecule has 75 heavy (non-hydrogen) atoms. The molecule has 12 nitrogen and oxygen atoms in total. The fourth-order valence-electron chi connectivity index (χ4n) is 9.13. The minimum absolute atomic E-state index is 0.0469. The van der Waals surface area contributed by atoms with Crippen LogP contribution in [0.25, 0.3) is 0 Å². The van der Waals surface area contributed by atoms with Crippen molar-refractivity contribution in [3.63, 3.8) is 0 Å². The Morgan fingerprint density at radius 2 is 0.800 bits per heavy atom. The van der Waals surface area contributed by atoms with Gasteiger partial charge in [-0.2, -0.15) is 0 Å². The van der Waals surface area contributed by atoms with Gasteiger partial charge in [0.05, 0.1) is 6.61 Å². The van der Waals surface area contributed by atoms with Crippen LogP contribution in [0.15, 0.2) is 48.6 Å². The lowest BCUT2D eigenvalue weighted by Crippen LogP contribution is -2.61. The zero-order valence-electron chi connectivity index (χ0n) is 47.8. The number of aliphatic hydroxyl groups is 2. The summed E-state index contributed by atoms with van der Waals surface area (Å²) in [5.74, 6) is -3.13. The van der Waals surface area contributed by atoms with Gasteiger partial charge in [-0.15, -0.1) is 0 Å². The van der Waals surface area contributed by atoms with Crippen LogP contribution in [0.3, 0.4) is 0 Å². The van der Waals surface area contributed by atoms with Crippen molar-refractivity contribution in [1.82, 2.24) is 0 Å². The number of rotatable bonds is 52. The number of allylic oxidation sites excluding steroid dienone is 8. The highest BCUT2D eigenvalue weighted by Gasteiger charge is 2.50. The Morgan fingerprint density at radius 1 is 0.440 bits per heavy atom. The van der Waals surface area contributed by atoms with E-state index in [1.807, 2.05) is 0 Å². The minimum atomic E-state index is -1.91. The Balaban J connectivity index is 2.67. The Bertz CT molecular complexity index is 1490. The van der Waals surface area contributed by atoms with Gasteiger partial charge in [-0.25, -0.2) is 4.79 Å². The topological polar surface area (TPSA) is 175 Å². The van der Waals surface area contributed by atoms with E-state index in [0.29, 0.717) is 19.3 Å². The van der Waals surface area contributed by atoms with Crippen LogP contribution in [-0.4, -0.2) is 89.2 Å². The fourth-order valence-corrected chi connectivity index (χ4v) is 9.13. The van der Waals surface area contributed by atoms with Gasteiger partial charge in [0.2, 0.25) is 0 Å². The first-order chi connectivity index (χ1) is 36.6. The van der Waals surface area contributed by atoms with Crippen molar-refractivity contribution >= 4 is 23.9 Å². The van der Waals surface area contributed by atoms with Gasteiger partial charge in [-0.05, 0) is 83.5 Å². The third kappa shape index (κ3) is 41.5. The van der Waals surface area contributed by atoms with E-state index < -0.39 is 67.3 Å². The summed E-state index contributed by atoms with van der Waals surface area (Å²) in [6.45, 7) is 5.96. The van der Waals surface area contributed by atoms with Gasteiger partial charge in [0, 0.05) is 19.3 Å². The summed E-state index contributed by atoms with van der Waals surface area (Å²) in [5.41, 5.74) is 0. The smallest absolute Gasteiger partial charge is 0.335 e. The van der Waals surface area contributed by atoms with E-state index in [1.165, 1.54) is 109 Å². The minimum Gasteiger partial charge on any atom is -0.479 e. The molecule has 0 aromatic rings. The molecule has 6 unspecified atom stereocenters. The fraction of sp³-hybridized carbons (Fsp3) is 0.810. The number of hydrogen-bond acceptors (Lipinski definition) is 11. The van der Waals surface area contributed by atoms with Crippen LogP contribution in [0.1, 0.15) is 278 Å².